The predicted molar refractivity (Wildman–Crippen MR) is 70.5 cm³/mol. The van der Waals surface area contributed by atoms with Gasteiger partial charge in [0.05, 0.1) is 5.56 Å². The van der Waals surface area contributed by atoms with Crippen LogP contribution in [0.4, 0.5) is 13.2 Å². The van der Waals surface area contributed by atoms with Gasteiger partial charge in [-0.05, 0) is 30.2 Å². The van der Waals surface area contributed by atoms with E-state index in [0.717, 1.165) is 6.07 Å². The number of rotatable bonds is 4. The molecule has 3 nitrogen and oxygen atoms in total. The maximum atomic E-state index is 13.4. The molecule has 0 saturated heterocycles. The Morgan fingerprint density at radius 2 is 1.76 bits per heavy atom. The number of amides is 1. The summed E-state index contributed by atoms with van der Waals surface area (Å²) in [5.74, 6) is -5.30. The summed E-state index contributed by atoms with van der Waals surface area (Å²) in [6, 6.07) is 8.14. The normalized spacial score (nSPS) is 10.4. The number of phenolic OH excluding ortho intramolecular Hbond substituents is 1. The Hall–Kier alpha value is -2.50. The van der Waals surface area contributed by atoms with Crippen molar-refractivity contribution in [3.05, 3.63) is 65.0 Å². The molecule has 2 rings (SSSR count). The second-order valence-electron chi connectivity index (χ2n) is 4.36. The Kier molecular flexibility index (Phi) is 4.47. The topological polar surface area (TPSA) is 49.3 Å². The van der Waals surface area contributed by atoms with E-state index >= 15 is 0 Å². The first kappa shape index (κ1) is 14.9. The Morgan fingerprint density at radius 1 is 1.05 bits per heavy atom. The van der Waals surface area contributed by atoms with Crippen LogP contribution in [0.2, 0.25) is 0 Å². The first-order valence-corrected chi connectivity index (χ1v) is 6.19. The van der Waals surface area contributed by atoms with Crippen molar-refractivity contribution >= 4 is 5.91 Å². The summed E-state index contributed by atoms with van der Waals surface area (Å²) in [5, 5.41) is 11.9. The van der Waals surface area contributed by atoms with Crippen LogP contribution in [0.15, 0.2) is 36.4 Å². The van der Waals surface area contributed by atoms with E-state index < -0.39 is 28.9 Å². The lowest BCUT2D eigenvalue weighted by Crippen LogP contribution is -2.27. The van der Waals surface area contributed by atoms with Crippen molar-refractivity contribution in [2.45, 2.75) is 6.42 Å². The zero-order valence-electron chi connectivity index (χ0n) is 10.9. The monoisotopic (exact) mass is 295 g/mol. The fourth-order valence-corrected chi connectivity index (χ4v) is 1.83. The predicted octanol–water partition coefficient (Wildman–Crippen LogP) is 2.78. The molecule has 0 aliphatic heterocycles. The zero-order chi connectivity index (χ0) is 15.4. The molecule has 0 spiro atoms. The zero-order valence-corrected chi connectivity index (χ0v) is 10.9. The Labute approximate surface area is 119 Å². The van der Waals surface area contributed by atoms with Gasteiger partial charge in [-0.25, -0.2) is 13.2 Å². The molecule has 0 aliphatic rings. The lowest BCUT2D eigenvalue weighted by molar-refractivity contribution is 0.0948. The highest BCUT2D eigenvalue weighted by Crippen LogP contribution is 2.16. The minimum Gasteiger partial charge on any atom is -0.508 e. The van der Waals surface area contributed by atoms with Crippen LogP contribution in [0.5, 0.6) is 5.75 Å². The van der Waals surface area contributed by atoms with Crippen LogP contribution in [0, 0.1) is 17.5 Å². The summed E-state index contributed by atoms with van der Waals surface area (Å²) in [6.07, 6.45) is 0.323. The van der Waals surface area contributed by atoms with Gasteiger partial charge in [0.25, 0.3) is 5.91 Å². The molecule has 2 N–H and O–H groups in total. The molecule has 0 atom stereocenters. The third-order valence-corrected chi connectivity index (χ3v) is 2.95. The van der Waals surface area contributed by atoms with Crippen molar-refractivity contribution < 1.29 is 23.1 Å². The van der Waals surface area contributed by atoms with Gasteiger partial charge in [-0.3, -0.25) is 4.79 Å². The van der Waals surface area contributed by atoms with Crippen molar-refractivity contribution in [3.8, 4) is 5.75 Å². The third kappa shape index (κ3) is 3.34. The quantitative estimate of drug-likeness (QED) is 0.852. The average molecular weight is 295 g/mol. The van der Waals surface area contributed by atoms with E-state index in [2.05, 4.69) is 5.32 Å². The van der Waals surface area contributed by atoms with Crippen molar-refractivity contribution in [2.24, 2.45) is 0 Å². The molecule has 0 bridgehead atoms. The molecular formula is C15H12F3NO2. The highest BCUT2D eigenvalue weighted by molar-refractivity contribution is 5.94. The molecule has 0 aromatic heterocycles. The van der Waals surface area contributed by atoms with Gasteiger partial charge in [-0.2, -0.15) is 0 Å². The first-order chi connectivity index (χ1) is 10.0. The fourth-order valence-electron chi connectivity index (χ4n) is 1.83. The molecule has 0 heterocycles. The molecule has 6 heteroatoms. The van der Waals surface area contributed by atoms with E-state index in [-0.39, 0.29) is 12.3 Å². The summed E-state index contributed by atoms with van der Waals surface area (Å²) in [7, 11) is 0. The highest BCUT2D eigenvalue weighted by Gasteiger charge is 2.18. The van der Waals surface area contributed by atoms with Gasteiger partial charge < -0.3 is 10.4 Å². The molecule has 0 fully saturated rings. The number of nitrogens with one attached hydrogen (secondary N) is 1. The lowest BCUT2D eigenvalue weighted by Gasteiger charge is -2.08. The van der Waals surface area contributed by atoms with Crippen LogP contribution in [0.3, 0.4) is 0 Å². The van der Waals surface area contributed by atoms with Crippen LogP contribution >= 0.6 is 0 Å². The minimum absolute atomic E-state index is 0.0887. The van der Waals surface area contributed by atoms with E-state index in [4.69, 9.17) is 0 Å². The van der Waals surface area contributed by atoms with Crippen LogP contribution in [0.1, 0.15) is 15.9 Å². The molecule has 1 amide bonds. The Bertz CT molecular complexity index is 674. The van der Waals surface area contributed by atoms with E-state index in [1.54, 1.807) is 18.2 Å². The van der Waals surface area contributed by atoms with Crippen molar-refractivity contribution in [1.29, 1.82) is 0 Å². The lowest BCUT2D eigenvalue weighted by atomic mass is 10.1. The minimum atomic E-state index is -1.68. The van der Waals surface area contributed by atoms with Gasteiger partial charge in [0.2, 0.25) is 0 Å². The standard InChI is InChI=1S/C15H12F3NO2/c16-11-6-5-10(13(17)14(11)18)15(21)19-8-7-9-3-1-2-4-12(9)20/h1-6,20H,7-8H2,(H,19,21). The number of halogens is 3. The number of aromatic hydroxyl groups is 1. The van der Waals surface area contributed by atoms with Gasteiger partial charge in [0, 0.05) is 6.54 Å². The number of hydrogen-bond acceptors (Lipinski definition) is 2. The van der Waals surface area contributed by atoms with Crippen LogP contribution in [-0.4, -0.2) is 17.6 Å². The Morgan fingerprint density at radius 3 is 2.48 bits per heavy atom. The molecule has 0 unspecified atom stereocenters. The van der Waals surface area contributed by atoms with Crippen LogP contribution < -0.4 is 5.32 Å². The summed E-state index contributed by atoms with van der Waals surface area (Å²) in [4.78, 5) is 11.7. The number of benzene rings is 2. The van der Waals surface area contributed by atoms with Gasteiger partial charge in [-0.1, -0.05) is 18.2 Å². The van der Waals surface area contributed by atoms with E-state index in [9.17, 15) is 23.1 Å². The Balaban J connectivity index is 2.00. The summed E-state index contributed by atoms with van der Waals surface area (Å²) < 4.78 is 39.2. The van der Waals surface area contributed by atoms with Gasteiger partial charge in [-0.15, -0.1) is 0 Å². The van der Waals surface area contributed by atoms with Crippen LogP contribution in [-0.2, 0) is 6.42 Å². The molecule has 0 radical (unpaired) electrons. The SMILES string of the molecule is O=C(NCCc1ccccc1O)c1ccc(F)c(F)c1F. The van der Waals surface area contributed by atoms with Crippen molar-refractivity contribution in [3.63, 3.8) is 0 Å². The summed E-state index contributed by atoms with van der Waals surface area (Å²) in [5.41, 5.74) is 0.0507. The first-order valence-electron chi connectivity index (χ1n) is 6.19. The van der Waals surface area contributed by atoms with E-state index in [0.29, 0.717) is 18.1 Å². The maximum Gasteiger partial charge on any atom is 0.254 e. The molecule has 0 saturated carbocycles. The van der Waals surface area contributed by atoms with Crippen molar-refractivity contribution in [2.75, 3.05) is 6.54 Å². The number of carbonyl (C=O) groups excluding carboxylic acids is 1. The molecule has 110 valence electrons. The second-order valence-corrected chi connectivity index (χ2v) is 4.36. The van der Waals surface area contributed by atoms with Gasteiger partial charge in [0.15, 0.2) is 17.5 Å². The van der Waals surface area contributed by atoms with E-state index in [1.165, 1.54) is 6.07 Å². The smallest absolute Gasteiger partial charge is 0.254 e. The largest absolute Gasteiger partial charge is 0.508 e. The number of phenols is 1. The van der Waals surface area contributed by atoms with Gasteiger partial charge in [0.1, 0.15) is 5.75 Å². The maximum absolute atomic E-state index is 13.4. The molecule has 21 heavy (non-hydrogen) atoms. The highest BCUT2D eigenvalue weighted by atomic mass is 19.2. The van der Waals surface area contributed by atoms with E-state index in [1.807, 2.05) is 0 Å². The fraction of sp³-hybridized carbons (Fsp3) is 0.133. The van der Waals surface area contributed by atoms with Crippen molar-refractivity contribution in [1.82, 2.24) is 5.32 Å². The van der Waals surface area contributed by atoms with Gasteiger partial charge >= 0.3 is 0 Å². The average Bonchev–Trinajstić information content (AvgIpc) is 2.47. The number of para-hydroxylation sites is 1. The second kappa shape index (κ2) is 6.30. The molecule has 2 aromatic carbocycles. The van der Waals surface area contributed by atoms with Crippen LogP contribution in [0.25, 0.3) is 0 Å². The number of hydrogen-bond donors (Lipinski definition) is 2. The molecule has 0 aliphatic carbocycles. The molecular weight excluding hydrogens is 283 g/mol. The third-order valence-electron chi connectivity index (χ3n) is 2.95. The summed E-state index contributed by atoms with van der Waals surface area (Å²) in [6.45, 7) is 0.120. The number of carbonyl (C=O) groups is 1. The summed E-state index contributed by atoms with van der Waals surface area (Å²) >= 11 is 0. The molecule has 2 aromatic rings.